The second-order valence-corrected chi connectivity index (χ2v) is 14.3. The van der Waals surface area contributed by atoms with E-state index in [0.29, 0.717) is 37.1 Å². The number of nitrogens with two attached hydrogens (primary N) is 2. The first-order valence-electron chi connectivity index (χ1n) is 15.8. The normalized spacial score (nSPS) is 13.3. The van der Waals surface area contributed by atoms with Gasteiger partial charge in [-0.3, -0.25) is 0 Å². The summed E-state index contributed by atoms with van der Waals surface area (Å²) < 4.78 is 161. The molecular formula is C34H26B2Cl4F12N2. The Morgan fingerprint density at radius 3 is 0.759 bits per heavy atom. The second kappa shape index (κ2) is 16.0. The number of hydrogen-bond donors (Lipinski definition) is 2. The van der Waals surface area contributed by atoms with Crippen molar-refractivity contribution >= 4 is 61.0 Å². The third kappa shape index (κ3) is 9.78. The molecule has 2 nitrogen and oxygen atoms in total. The van der Waals surface area contributed by atoms with Gasteiger partial charge < -0.3 is 11.5 Å². The Morgan fingerprint density at radius 2 is 0.593 bits per heavy atom. The molecule has 0 bridgehead atoms. The molecule has 4 rings (SSSR count). The van der Waals surface area contributed by atoms with E-state index in [0.717, 1.165) is 48.5 Å². The van der Waals surface area contributed by atoms with Gasteiger partial charge in [0.2, 0.25) is 0 Å². The van der Waals surface area contributed by atoms with E-state index in [1.165, 1.54) is 0 Å². The van der Waals surface area contributed by atoms with Gasteiger partial charge in [0, 0.05) is 10.9 Å². The minimum atomic E-state index is -4.81. The lowest BCUT2D eigenvalue weighted by Gasteiger charge is -2.32. The predicted molar refractivity (Wildman–Crippen MR) is 189 cm³/mol. The largest absolute Gasteiger partial charge is 0.417 e. The number of halogens is 16. The van der Waals surface area contributed by atoms with Gasteiger partial charge >= 0.3 is 24.7 Å². The monoisotopic (exact) mass is 852 g/mol. The van der Waals surface area contributed by atoms with Crippen LogP contribution in [0.15, 0.2) is 72.8 Å². The Morgan fingerprint density at radius 1 is 0.389 bits per heavy atom. The highest BCUT2D eigenvalue weighted by molar-refractivity contribution is 6.43. The van der Waals surface area contributed by atoms with Crippen LogP contribution >= 0.6 is 46.4 Å². The Balaban J connectivity index is 1.61. The summed E-state index contributed by atoms with van der Waals surface area (Å²) in [5.41, 5.74) is 5.72. The summed E-state index contributed by atoms with van der Waals surface area (Å²) in [6, 6.07) is 11.0. The topological polar surface area (TPSA) is 52.0 Å². The zero-order valence-corrected chi connectivity index (χ0v) is 30.4. The van der Waals surface area contributed by atoms with Crippen molar-refractivity contribution in [1.82, 2.24) is 0 Å². The van der Waals surface area contributed by atoms with Crippen molar-refractivity contribution in [3.05, 3.63) is 137 Å². The molecule has 0 saturated heterocycles. The van der Waals surface area contributed by atoms with E-state index in [9.17, 15) is 52.7 Å². The molecule has 0 unspecified atom stereocenters. The van der Waals surface area contributed by atoms with Crippen molar-refractivity contribution in [3.8, 4) is 0 Å². The summed E-state index contributed by atoms with van der Waals surface area (Å²) in [6.07, 6.45) is -18.1. The Labute approximate surface area is 322 Å². The van der Waals surface area contributed by atoms with Gasteiger partial charge in [0.15, 0.2) is 14.6 Å². The maximum atomic E-state index is 13.4. The fourth-order valence-electron chi connectivity index (χ4n) is 6.16. The molecule has 0 aliphatic carbocycles. The smallest absolute Gasteiger partial charge is 0.325 e. The van der Waals surface area contributed by atoms with Crippen LogP contribution in [0.4, 0.5) is 52.7 Å². The van der Waals surface area contributed by atoms with Gasteiger partial charge in [0.25, 0.3) is 0 Å². The summed E-state index contributed by atoms with van der Waals surface area (Å²) in [7, 11) is -0.0691. The van der Waals surface area contributed by atoms with Crippen LogP contribution in [0.3, 0.4) is 0 Å². The fourth-order valence-corrected chi connectivity index (χ4v) is 7.31. The maximum absolute atomic E-state index is 13.4. The molecule has 0 aliphatic rings. The third-order valence-electron chi connectivity index (χ3n) is 9.05. The molecule has 0 aliphatic heterocycles. The molecule has 0 amide bonds. The lowest BCUT2D eigenvalue weighted by Crippen LogP contribution is -2.44. The van der Waals surface area contributed by atoms with E-state index in [-0.39, 0.29) is 49.5 Å². The summed E-state index contributed by atoms with van der Waals surface area (Å²) in [4.78, 5) is 0. The highest BCUT2D eigenvalue weighted by atomic mass is 35.5. The first kappa shape index (κ1) is 44.0. The SMILES string of the molecule is NC(BCCCCBC(N)(c1ccc(C(F)(F)F)c(Cl)c1)c1ccc(C(F)(F)F)c(Cl)c1)(c1ccc(C(F)(F)F)c(Cl)c1)c1ccc(C(F)(F)F)c(Cl)c1. The highest BCUT2D eigenvalue weighted by Crippen LogP contribution is 2.43. The molecule has 0 fully saturated rings. The molecule has 54 heavy (non-hydrogen) atoms. The van der Waals surface area contributed by atoms with E-state index in [4.69, 9.17) is 57.9 Å². The first-order valence-corrected chi connectivity index (χ1v) is 17.3. The van der Waals surface area contributed by atoms with E-state index < -0.39 is 77.9 Å². The summed E-state index contributed by atoms with van der Waals surface area (Å²) in [5, 5.41) is -2.78. The van der Waals surface area contributed by atoms with Crippen LogP contribution in [0.2, 0.25) is 32.7 Å². The van der Waals surface area contributed by atoms with Crippen molar-refractivity contribution < 1.29 is 52.7 Å². The van der Waals surface area contributed by atoms with Crippen molar-refractivity contribution in [2.24, 2.45) is 11.5 Å². The molecular weight excluding hydrogens is 828 g/mol. The van der Waals surface area contributed by atoms with E-state index in [2.05, 4.69) is 0 Å². The molecule has 0 spiro atoms. The summed E-state index contributed by atoms with van der Waals surface area (Å²) in [5.74, 6) is 0. The lowest BCUT2D eigenvalue weighted by atomic mass is 9.49. The minimum absolute atomic E-state index is 0.0345. The molecule has 0 saturated carbocycles. The van der Waals surface area contributed by atoms with Gasteiger partial charge in [-0.25, -0.2) is 0 Å². The Kier molecular flexibility index (Phi) is 13.0. The Bertz CT molecular complexity index is 1710. The summed E-state index contributed by atoms with van der Waals surface area (Å²) >= 11 is 23.8. The summed E-state index contributed by atoms with van der Waals surface area (Å²) in [6.45, 7) is 0. The van der Waals surface area contributed by atoms with E-state index in [1.807, 2.05) is 0 Å². The average Bonchev–Trinajstić information content (AvgIpc) is 3.03. The molecule has 4 aromatic rings. The van der Waals surface area contributed by atoms with Gasteiger partial charge in [-0.05, 0) is 70.8 Å². The molecule has 4 aromatic carbocycles. The minimum Gasteiger partial charge on any atom is -0.325 e. The number of rotatable bonds is 11. The lowest BCUT2D eigenvalue weighted by molar-refractivity contribution is -0.138. The quantitative estimate of drug-likeness (QED) is 0.0897. The van der Waals surface area contributed by atoms with Gasteiger partial charge in [-0.1, -0.05) is 96.2 Å². The maximum Gasteiger partial charge on any atom is 0.417 e. The third-order valence-corrected chi connectivity index (χ3v) is 10.3. The van der Waals surface area contributed by atoms with Crippen LogP contribution in [0.5, 0.6) is 0 Å². The fraction of sp³-hybridized carbons (Fsp3) is 0.294. The zero-order chi connectivity index (χ0) is 40.7. The van der Waals surface area contributed by atoms with Crippen molar-refractivity contribution in [2.45, 2.75) is 61.1 Å². The number of benzene rings is 4. The molecule has 0 heterocycles. The van der Waals surface area contributed by atoms with E-state index in [1.54, 1.807) is 0 Å². The molecule has 4 N–H and O–H groups in total. The number of unbranched alkanes of at least 4 members (excludes halogenated alkanes) is 1. The van der Waals surface area contributed by atoms with Gasteiger partial charge in [-0.2, -0.15) is 52.7 Å². The van der Waals surface area contributed by atoms with Crippen LogP contribution in [-0.4, -0.2) is 14.6 Å². The van der Waals surface area contributed by atoms with Crippen molar-refractivity contribution in [2.75, 3.05) is 0 Å². The molecule has 0 atom stereocenters. The van der Waals surface area contributed by atoms with Gasteiger partial charge in [-0.15, -0.1) is 0 Å². The van der Waals surface area contributed by atoms with Crippen molar-refractivity contribution in [1.29, 1.82) is 0 Å². The Hall–Kier alpha value is -2.75. The number of hydrogen-bond acceptors (Lipinski definition) is 2. The van der Waals surface area contributed by atoms with Crippen molar-refractivity contribution in [3.63, 3.8) is 0 Å². The number of alkyl halides is 12. The van der Waals surface area contributed by atoms with Crippen LogP contribution in [0, 0.1) is 0 Å². The van der Waals surface area contributed by atoms with E-state index >= 15 is 0 Å². The molecule has 290 valence electrons. The molecule has 0 radical (unpaired) electrons. The second-order valence-electron chi connectivity index (χ2n) is 12.6. The zero-order valence-electron chi connectivity index (χ0n) is 27.4. The molecule has 20 heteroatoms. The first-order chi connectivity index (χ1) is 24.7. The van der Waals surface area contributed by atoms with Crippen LogP contribution in [0.25, 0.3) is 0 Å². The van der Waals surface area contributed by atoms with Crippen LogP contribution in [-0.2, 0) is 35.6 Å². The van der Waals surface area contributed by atoms with Gasteiger partial charge in [0.1, 0.15) is 0 Å². The van der Waals surface area contributed by atoms with Gasteiger partial charge in [0.05, 0.1) is 42.3 Å². The average molecular weight is 854 g/mol. The van der Waals surface area contributed by atoms with Crippen LogP contribution < -0.4 is 11.5 Å². The van der Waals surface area contributed by atoms with Crippen LogP contribution in [0.1, 0.15) is 57.3 Å². The highest BCUT2D eigenvalue weighted by Gasteiger charge is 2.40. The molecule has 0 aromatic heterocycles. The predicted octanol–water partition coefficient (Wildman–Crippen LogP) is 11.9. The standard InChI is InChI=1S/C34H26B2Cl4F12N2/c37-25-13-17(3-7-21(25)31(41,42)43)29(53,18-4-8-22(26(38)14-18)32(44,45)46)35-11-1-2-12-36-30(54,19-5-9-23(27(39)15-19)33(47,48)49)20-6-10-24(28(40)16-20)34(50,51)52/h3-10,13-16,35-36H,1-2,11-12,53-54H2.